The van der Waals surface area contributed by atoms with E-state index in [0.717, 1.165) is 5.56 Å². The number of esters is 2. The number of aryl methyl sites for hydroxylation is 1. The number of nitrogens with zero attached hydrogens (tertiary/aromatic N) is 2. The molecule has 0 saturated carbocycles. The molecule has 0 aliphatic heterocycles. The van der Waals surface area contributed by atoms with Gasteiger partial charge in [-0.15, -0.1) is 0 Å². The average molecular weight is 456 g/mol. The van der Waals surface area contributed by atoms with Crippen LogP contribution in [0.1, 0.15) is 32.0 Å². The third-order valence-corrected chi connectivity index (χ3v) is 5.31. The van der Waals surface area contributed by atoms with Gasteiger partial charge in [0, 0.05) is 5.56 Å². The predicted molar refractivity (Wildman–Crippen MR) is 127 cm³/mol. The van der Waals surface area contributed by atoms with Crippen LogP contribution in [0.2, 0.25) is 0 Å². The summed E-state index contributed by atoms with van der Waals surface area (Å²) < 4.78 is 17.2. The maximum Gasteiger partial charge on any atom is 0.357 e. The SMILES string of the molecule is COC(=O)c1c(-c2ccc(OCc3ccc(C)cc3)cc2)nn(-c2ccccc2)c1C(=O)OC. The lowest BCUT2D eigenvalue weighted by Crippen LogP contribution is -2.15. The molecule has 172 valence electrons. The van der Waals surface area contributed by atoms with Crippen LogP contribution in [0.3, 0.4) is 0 Å². The van der Waals surface area contributed by atoms with Crippen molar-refractivity contribution < 1.29 is 23.8 Å². The third-order valence-electron chi connectivity index (χ3n) is 5.31. The summed E-state index contributed by atoms with van der Waals surface area (Å²) >= 11 is 0. The van der Waals surface area contributed by atoms with Crippen LogP contribution in [0.4, 0.5) is 0 Å². The molecule has 0 N–H and O–H groups in total. The summed E-state index contributed by atoms with van der Waals surface area (Å²) in [7, 11) is 2.51. The van der Waals surface area contributed by atoms with Crippen molar-refractivity contribution in [3.63, 3.8) is 0 Å². The van der Waals surface area contributed by atoms with E-state index in [1.54, 1.807) is 36.4 Å². The molecule has 34 heavy (non-hydrogen) atoms. The van der Waals surface area contributed by atoms with Gasteiger partial charge in [0.2, 0.25) is 0 Å². The number of ether oxygens (including phenoxy) is 3. The molecule has 1 aromatic heterocycles. The minimum atomic E-state index is -0.693. The number of aromatic nitrogens is 2. The fourth-order valence-electron chi connectivity index (χ4n) is 3.52. The van der Waals surface area contributed by atoms with Gasteiger partial charge >= 0.3 is 11.9 Å². The molecule has 0 radical (unpaired) electrons. The number of benzene rings is 3. The minimum absolute atomic E-state index is 0.00440. The molecule has 7 nitrogen and oxygen atoms in total. The van der Waals surface area contributed by atoms with Crippen LogP contribution in [0, 0.1) is 6.92 Å². The second kappa shape index (κ2) is 10.0. The molecule has 0 aliphatic rings. The molecule has 0 amide bonds. The Labute approximate surface area is 197 Å². The zero-order valence-corrected chi connectivity index (χ0v) is 19.1. The summed E-state index contributed by atoms with van der Waals surface area (Å²) in [6, 6.07) is 24.3. The van der Waals surface area contributed by atoms with Gasteiger partial charge in [-0.3, -0.25) is 0 Å². The molecule has 4 rings (SSSR count). The van der Waals surface area contributed by atoms with Crippen molar-refractivity contribution >= 4 is 11.9 Å². The van der Waals surface area contributed by atoms with Crippen LogP contribution in [0.25, 0.3) is 16.9 Å². The van der Waals surface area contributed by atoms with Gasteiger partial charge in [-0.25, -0.2) is 14.3 Å². The van der Waals surface area contributed by atoms with E-state index in [-0.39, 0.29) is 11.3 Å². The van der Waals surface area contributed by atoms with Gasteiger partial charge in [-0.2, -0.15) is 5.10 Å². The highest BCUT2D eigenvalue weighted by atomic mass is 16.5. The Hall–Kier alpha value is -4.39. The predicted octanol–water partition coefficient (Wildman–Crippen LogP) is 5.00. The Morgan fingerprint density at radius 1 is 0.824 bits per heavy atom. The highest BCUT2D eigenvalue weighted by molar-refractivity contribution is 6.06. The lowest BCUT2D eigenvalue weighted by molar-refractivity contribution is 0.0549. The molecule has 0 spiro atoms. The van der Waals surface area contributed by atoms with Crippen LogP contribution < -0.4 is 4.74 Å². The smallest absolute Gasteiger partial charge is 0.357 e. The summed E-state index contributed by atoms with van der Waals surface area (Å²) in [6.07, 6.45) is 0. The zero-order valence-electron chi connectivity index (χ0n) is 19.1. The van der Waals surface area contributed by atoms with Gasteiger partial charge in [0.1, 0.15) is 23.6 Å². The summed E-state index contributed by atoms with van der Waals surface area (Å²) in [5, 5.41) is 4.59. The second-order valence-electron chi connectivity index (χ2n) is 7.60. The first-order chi connectivity index (χ1) is 16.5. The number of para-hydroxylation sites is 1. The number of hydrogen-bond donors (Lipinski definition) is 0. The Bertz CT molecular complexity index is 1290. The van der Waals surface area contributed by atoms with E-state index in [1.165, 1.54) is 24.5 Å². The average Bonchev–Trinajstić information content (AvgIpc) is 3.29. The lowest BCUT2D eigenvalue weighted by atomic mass is 10.1. The van der Waals surface area contributed by atoms with E-state index in [2.05, 4.69) is 5.10 Å². The molecule has 0 bridgehead atoms. The van der Waals surface area contributed by atoms with Crippen molar-refractivity contribution in [2.75, 3.05) is 14.2 Å². The highest BCUT2D eigenvalue weighted by Gasteiger charge is 2.31. The van der Waals surface area contributed by atoms with Crippen LogP contribution in [0.15, 0.2) is 78.9 Å². The largest absolute Gasteiger partial charge is 0.489 e. The number of hydrogen-bond acceptors (Lipinski definition) is 6. The maximum atomic E-state index is 12.7. The fourth-order valence-corrected chi connectivity index (χ4v) is 3.52. The van der Waals surface area contributed by atoms with Gasteiger partial charge in [0.25, 0.3) is 0 Å². The maximum absolute atomic E-state index is 12.7. The van der Waals surface area contributed by atoms with Gasteiger partial charge in [0.15, 0.2) is 5.69 Å². The number of carbonyl (C=O) groups excluding carboxylic acids is 2. The van der Waals surface area contributed by atoms with E-state index >= 15 is 0 Å². The van der Waals surface area contributed by atoms with E-state index < -0.39 is 11.9 Å². The Kier molecular flexibility index (Phi) is 6.73. The first kappa shape index (κ1) is 22.8. The van der Waals surface area contributed by atoms with E-state index in [0.29, 0.717) is 29.3 Å². The van der Waals surface area contributed by atoms with Gasteiger partial charge in [-0.1, -0.05) is 48.0 Å². The fraction of sp³-hybridized carbons (Fsp3) is 0.148. The van der Waals surface area contributed by atoms with Gasteiger partial charge in [0.05, 0.1) is 19.9 Å². The van der Waals surface area contributed by atoms with Crippen molar-refractivity contribution in [3.05, 3.63) is 101 Å². The molecule has 0 aliphatic carbocycles. The standard InChI is InChI=1S/C27H24N2O5/c1-18-9-11-19(12-10-18)17-34-22-15-13-20(14-16-22)24-23(26(30)32-2)25(27(31)33-3)29(28-24)21-7-5-4-6-8-21/h4-16H,17H2,1-3H3. The monoisotopic (exact) mass is 456 g/mol. The van der Waals surface area contributed by atoms with Crippen molar-refractivity contribution in [1.82, 2.24) is 9.78 Å². The van der Waals surface area contributed by atoms with Crippen LogP contribution in [-0.2, 0) is 16.1 Å². The minimum Gasteiger partial charge on any atom is -0.489 e. The molecule has 4 aromatic rings. The molecule has 7 heteroatoms. The molecule has 0 unspecified atom stereocenters. The van der Waals surface area contributed by atoms with Gasteiger partial charge in [-0.05, 0) is 48.9 Å². The Balaban J connectivity index is 1.71. The molecule has 1 heterocycles. The second-order valence-corrected chi connectivity index (χ2v) is 7.60. The molecular weight excluding hydrogens is 432 g/mol. The molecule has 0 saturated heterocycles. The highest BCUT2D eigenvalue weighted by Crippen LogP contribution is 2.30. The first-order valence-corrected chi connectivity index (χ1v) is 10.7. The van der Waals surface area contributed by atoms with E-state index in [9.17, 15) is 9.59 Å². The van der Waals surface area contributed by atoms with E-state index in [1.807, 2.05) is 49.4 Å². The quantitative estimate of drug-likeness (QED) is 0.364. The molecular formula is C27H24N2O5. The topological polar surface area (TPSA) is 79.7 Å². The van der Waals surface area contributed by atoms with Gasteiger partial charge < -0.3 is 14.2 Å². The zero-order chi connectivity index (χ0) is 24.1. The van der Waals surface area contributed by atoms with Crippen LogP contribution >= 0.6 is 0 Å². The van der Waals surface area contributed by atoms with Crippen LogP contribution in [0.5, 0.6) is 5.75 Å². The summed E-state index contributed by atoms with van der Waals surface area (Å²) in [6.45, 7) is 2.47. The molecule has 0 fully saturated rings. The number of methoxy groups -OCH3 is 2. The molecule has 0 atom stereocenters. The summed E-state index contributed by atoms with van der Waals surface area (Å²) in [5.74, 6) is -0.710. The number of rotatable bonds is 7. The normalized spacial score (nSPS) is 10.6. The van der Waals surface area contributed by atoms with Crippen LogP contribution in [-0.4, -0.2) is 35.9 Å². The first-order valence-electron chi connectivity index (χ1n) is 10.7. The van der Waals surface area contributed by atoms with Crippen molar-refractivity contribution in [2.45, 2.75) is 13.5 Å². The van der Waals surface area contributed by atoms with E-state index in [4.69, 9.17) is 14.2 Å². The third kappa shape index (κ3) is 4.68. The molecule has 3 aromatic carbocycles. The van der Waals surface area contributed by atoms with Crippen molar-refractivity contribution in [3.8, 4) is 22.7 Å². The summed E-state index contributed by atoms with van der Waals surface area (Å²) in [4.78, 5) is 25.4. The lowest BCUT2D eigenvalue weighted by Gasteiger charge is -2.08. The number of carbonyl (C=O) groups is 2. The van der Waals surface area contributed by atoms with Crippen molar-refractivity contribution in [2.24, 2.45) is 0 Å². The summed E-state index contributed by atoms with van der Waals surface area (Å²) in [5.41, 5.74) is 3.82. The Morgan fingerprint density at radius 2 is 1.47 bits per heavy atom. The Morgan fingerprint density at radius 3 is 2.09 bits per heavy atom. The van der Waals surface area contributed by atoms with Crippen molar-refractivity contribution in [1.29, 1.82) is 0 Å².